The molecule has 3 heterocycles. The van der Waals surface area contributed by atoms with Crippen molar-refractivity contribution in [1.29, 1.82) is 0 Å². The predicted octanol–water partition coefficient (Wildman–Crippen LogP) is 1.17. The van der Waals surface area contributed by atoms with Gasteiger partial charge in [0.1, 0.15) is 7.85 Å². The van der Waals surface area contributed by atoms with E-state index < -0.39 is 0 Å². The Labute approximate surface area is 164 Å². The standard InChI is InChI=1S/C20H22BN3O2S/c1-23-8-6-13-10-14(2-3-15(13)11-23)20(26)24-9-7-16(12-24)22-19(25)17-4-5-18(21)27-17/h2-5,10,16H,6-9,11-12H2,1H3,(H,22,25). The summed E-state index contributed by atoms with van der Waals surface area (Å²) in [6.45, 7) is 3.17. The first-order valence-electron chi connectivity index (χ1n) is 9.25. The van der Waals surface area contributed by atoms with Gasteiger partial charge in [-0.25, -0.2) is 0 Å². The number of rotatable bonds is 3. The van der Waals surface area contributed by atoms with Crippen molar-refractivity contribution < 1.29 is 9.59 Å². The van der Waals surface area contributed by atoms with Crippen LogP contribution in [0.25, 0.3) is 0 Å². The van der Waals surface area contributed by atoms with E-state index >= 15 is 0 Å². The maximum absolute atomic E-state index is 12.9. The third kappa shape index (κ3) is 3.94. The zero-order chi connectivity index (χ0) is 19.0. The van der Waals surface area contributed by atoms with E-state index in [4.69, 9.17) is 7.85 Å². The molecule has 1 unspecified atom stereocenters. The van der Waals surface area contributed by atoms with Gasteiger partial charge in [0, 0.05) is 37.8 Å². The Morgan fingerprint density at radius 1 is 1.19 bits per heavy atom. The number of benzene rings is 1. The molecule has 7 heteroatoms. The lowest BCUT2D eigenvalue weighted by molar-refractivity contribution is 0.0783. The monoisotopic (exact) mass is 379 g/mol. The Kier molecular flexibility index (Phi) is 5.06. The number of hydrogen-bond donors (Lipinski definition) is 1. The highest BCUT2D eigenvalue weighted by Crippen LogP contribution is 2.22. The molecule has 1 atom stereocenters. The molecule has 0 spiro atoms. The van der Waals surface area contributed by atoms with Gasteiger partial charge in [-0.1, -0.05) is 12.1 Å². The molecule has 1 fully saturated rings. The maximum Gasteiger partial charge on any atom is 0.261 e. The van der Waals surface area contributed by atoms with E-state index in [0.717, 1.165) is 31.5 Å². The largest absolute Gasteiger partial charge is 0.347 e. The Bertz CT molecular complexity index is 882. The number of thiophene rings is 1. The molecule has 2 amide bonds. The lowest BCUT2D eigenvalue weighted by Crippen LogP contribution is -2.38. The fourth-order valence-electron chi connectivity index (χ4n) is 3.80. The minimum atomic E-state index is -0.117. The van der Waals surface area contributed by atoms with Gasteiger partial charge in [0.15, 0.2) is 0 Å². The first-order valence-corrected chi connectivity index (χ1v) is 10.1. The molecule has 1 saturated heterocycles. The second-order valence-electron chi connectivity index (χ2n) is 7.38. The van der Waals surface area contributed by atoms with Crippen molar-refractivity contribution in [3.8, 4) is 0 Å². The number of fused-ring (bicyclic) bond motifs is 1. The molecule has 27 heavy (non-hydrogen) atoms. The molecule has 4 rings (SSSR count). The van der Waals surface area contributed by atoms with Crippen LogP contribution in [0.2, 0.25) is 0 Å². The SMILES string of the molecule is [B]c1ccc(C(=O)NC2CCN(C(=O)c3ccc4c(c3)CCN(C)C4)C2)s1. The third-order valence-electron chi connectivity index (χ3n) is 5.32. The third-order valence-corrected chi connectivity index (χ3v) is 6.23. The highest BCUT2D eigenvalue weighted by Gasteiger charge is 2.29. The number of nitrogens with zero attached hydrogens (tertiary/aromatic N) is 2. The lowest BCUT2D eigenvalue weighted by atomic mass is 9.97. The van der Waals surface area contributed by atoms with E-state index in [1.165, 1.54) is 22.5 Å². The summed E-state index contributed by atoms with van der Waals surface area (Å²) in [4.78, 5) is 29.9. The molecule has 138 valence electrons. The molecule has 0 aliphatic carbocycles. The van der Waals surface area contributed by atoms with Gasteiger partial charge in [0.05, 0.1) is 4.88 Å². The van der Waals surface area contributed by atoms with Crippen LogP contribution in [-0.4, -0.2) is 62.2 Å². The van der Waals surface area contributed by atoms with Crippen LogP contribution in [0.15, 0.2) is 30.3 Å². The van der Waals surface area contributed by atoms with Gasteiger partial charge < -0.3 is 15.1 Å². The van der Waals surface area contributed by atoms with Crippen molar-refractivity contribution in [2.24, 2.45) is 0 Å². The number of carbonyl (C=O) groups is 2. The molecule has 1 aromatic heterocycles. The summed E-state index contributed by atoms with van der Waals surface area (Å²) in [7, 11) is 7.81. The van der Waals surface area contributed by atoms with E-state index in [2.05, 4.69) is 23.3 Å². The normalized spacial score (nSPS) is 19.7. The molecule has 2 aromatic rings. The Hall–Kier alpha value is -2.12. The van der Waals surface area contributed by atoms with Crippen molar-refractivity contribution in [2.75, 3.05) is 26.7 Å². The van der Waals surface area contributed by atoms with E-state index in [0.29, 0.717) is 22.7 Å². The minimum absolute atomic E-state index is 0.0175. The van der Waals surface area contributed by atoms with Crippen LogP contribution in [-0.2, 0) is 13.0 Å². The van der Waals surface area contributed by atoms with Gasteiger partial charge in [0.2, 0.25) is 0 Å². The smallest absolute Gasteiger partial charge is 0.261 e. The second-order valence-corrected chi connectivity index (χ2v) is 8.50. The second kappa shape index (κ2) is 7.48. The number of nitrogens with one attached hydrogen (secondary N) is 1. The zero-order valence-corrected chi connectivity index (χ0v) is 16.2. The van der Waals surface area contributed by atoms with Crippen LogP contribution < -0.4 is 10.1 Å². The van der Waals surface area contributed by atoms with Crippen molar-refractivity contribution in [1.82, 2.24) is 15.1 Å². The summed E-state index contributed by atoms with van der Waals surface area (Å²) >= 11 is 1.28. The molecule has 5 nitrogen and oxygen atoms in total. The predicted molar refractivity (Wildman–Crippen MR) is 108 cm³/mol. The first kappa shape index (κ1) is 18.3. The Morgan fingerprint density at radius 2 is 2.04 bits per heavy atom. The van der Waals surface area contributed by atoms with Crippen LogP contribution in [0.1, 0.15) is 37.6 Å². The molecule has 0 saturated carbocycles. The van der Waals surface area contributed by atoms with E-state index in [1.807, 2.05) is 17.0 Å². The highest BCUT2D eigenvalue weighted by molar-refractivity contribution is 7.21. The number of carbonyl (C=O) groups excluding carboxylic acids is 2. The summed E-state index contributed by atoms with van der Waals surface area (Å²) in [6, 6.07) is 9.51. The summed E-state index contributed by atoms with van der Waals surface area (Å²) in [6.07, 6.45) is 1.75. The molecule has 1 N–H and O–H groups in total. The molecule has 2 aliphatic rings. The minimum Gasteiger partial charge on any atom is -0.347 e. The highest BCUT2D eigenvalue weighted by atomic mass is 32.1. The van der Waals surface area contributed by atoms with Gasteiger partial charge in [-0.05, 0) is 54.0 Å². The van der Waals surface area contributed by atoms with Crippen molar-refractivity contribution in [2.45, 2.75) is 25.4 Å². The topological polar surface area (TPSA) is 52.7 Å². The van der Waals surface area contributed by atoms with Crippen molar-refractivity contribution in [3.63, 3.8) is 0 Å². The maximum atomic E-state index is 12.9. The fraction of sp³-hybridized carbons (Fsp3) is 0.400. The number of likely N-dealkylation sites (tertiary alicyclic amines) is 1. The Morgan fingerprint density at radius 3 is 2.81 bits per heavy atom. The summed E-state index contributed by atoms with van der Waals surface area (Å²) < 4.78 is 0.627. The molecule has 2 aliphatic heterocycles. The zero-order valence-electron chi connectivity index (χ0n) is 15.4. The molecule has 1 aromatic carbocycles. The van der Waals surface area contributed by atoms with E-state index in [9.17, 15) is 9.59 Å². The first-order chi connectivity index (χ1) is 13.0. The fourth-order valence-corrected chi connectivity index (χ4v) is 4.48. The molecule has 0 bridgehead atoms. The van der Waals surface area contributed by atoms with Crippen LogP contribution >= 0.6 is 11.3 Å². The van der Waals surface area contributed by atoms with E-state index in [1.54, 1.807) is 12.1 Å². The molecule has 2 radical (unpaired) electrons. The Balaban J connectivity index is 1.38. The number of hydrogen-bond acceptors (Lipinski definition) is 4. The summed E-state index contributed by atoms with van der Waals surface area (Å²) in [5.74, 6) is -0.0669. The van der Waals surface area contributed by atoms with Gasteiger partial charge in [-0.3, -0.25) is 9.59 Å². The average molecular weight is 379 g/mol. The van der Waals surface area contributed by atoms with Crippen LogP contribution in [0.5, 0.6) is 0 Å². The van der Waals surface area contributed by atoms with E-state index in [-0.39, 0.29) is 17.9 Å². The van der Waals surface area contributed by atoms with Gasteiger partial charge in [-0.2, -0.15) is 0 Å². The van der Waals surface area contributed by atoms with Crippen molar-refractivity contribution >= 4 is 35.8 Å². The van der Waals surface area contributed by atoms with Gasteiger partial charge >= 0.3 is 0 Å². The summed E-state index contributed by atoms with van der Waals surface area (Å²) in [5.41, 5.74) is 3.33. The number of amides is 2. The summed E-state index contributed by atoms with van der Waals surface area (Å²) in [5, 5.41) is 3.02. The van der Waals surface area contributed by atoms with Crippen molar-refractivity contribution in [3.05, 3.63) is 51.9 Å². The van der Waals surface area contributed by atoms with Crippen LogP contribution in [0.3, 0.4) is 0 Å². The van der Waals surface area contributed by atoms with Gasteiger partial charge in [-0.15, -0.1) is 11.3 Å². The van der Waals surface area contributed by atoms with Crippen LogP contribution in [0, 0.1) is 0 Å². The quantitative estimate of drug-likeness (QED) is 0.815. The molecular weight excluding hydrogens is 357 g/mol. The van der Waals surface area contributed by atoms with Gasteiger partial charge in [0.25, 0.3) is 11.8 Å². The number of likely N-dealkylation sites (N-methyl/N-ethyl adjacent to an activating group) is 1. The molecular formula is C20H22BN3O2S. The van der Waals surface area contributed by atoms with Crippen LogP contribution in [0.4, 0.5) is 0 Å². The lowest BCUT2D eigenvalue weighted by Gasteiger charge is -2.25. The average Bonchev–Trinajstić information content (AvgIpc) is 3.30.